The highest BCUT2D eigenvalue weighted by molar-refractivity contribution is 5.95. The third-order valence-electron chi connectivity index (χ3n) is 3.29. The van der Waals surface area contributed by atoms with Crippen molar-refractivity contribution < 1.29 is 9.53 Å². The van der Waals surface area contributed by atoms with Gasteiger partial charge in [0.05, 0.1) is 13.7 Å². The molecule has 4 nitrogen and oxygen atoms in total. The Morgan fingerprint density at radius 3 is 2.24 bits per heavy atom. The van der Waals surface area contributed by atoms with Gasteiger partial charge in [-0.05, 0) is 49.2 Å². The zero-order valence-electron chi connectivity index (χ0n) is 12.6. The summed E-state index contributed by atoms with van der Waals surface area (Å²) in [5.41, 5.74) is 3.90. The van der Waals surface area contributed by atoms with Gasteiger partial charge in [-0.1, -0.05) is 18.2 Å². The van der Waals surface area contributed by atoms with Crippen molar-refractivity contribution in [3.05, 3.63) is 53.6 Å². The van der Waals surface area contributed by atoms with E-state index in [9.17, 15) is 4.79 Å². The van der Waals surface area contributed by atoms with Crippen LogP contribution in [-0.2, 0) is 4.79 Å². The van der Waals surface area contributed by atoms with Crippen LogP contribution in [0.5, 0.6) is 5.75 Å². The number of anilines is 2. The number of rotatable bonds is 5. The SMILES string of the molecule is COc1ccc(NCC(=O)Nc2c(C)cccc2C)cc1. The number of methoxy groups -OCH3 is 1. The molecule has 0 bridgehead atoms. The molecule has 0 radical (unpaired) electrons. The van der Waals surface area contributed by atoms with Gasteiger partial charge in [-0.15, -0.1) is 0 Å². The summed E-state index contributed by atoms with van der Waals surface area (Å²) in [4.78, 5) is 12.0. The first-order valence-corrected chi connectivity index (χ1v) is 6.84. The highest BCUT2D eigenvalue weighted by Crippen LogP contribution is 2.19. The summed E-state index contributed by atoms with van der Waals surface area (Å²) >= 11 is 0. The van der Waals surface area contributed by atoms with Crippen molar-refractivity contribution in [2.45, 2.75) is 13.8 Å². The van der Waals surface area contributed by atoms with Crippen LogP contribution >= 0.6 is 0 Å². The summed E-state index contributed by atoms with van der Waals surface area (Å²) in [7, 11) is 1.63. The van der Waals surface area contributed by atoms with Crippen molar-refractivity contribution in [2.24, 2.45) is 0 Å². The highest BCUT2D eigenvalue weighted by atomic mass is 16.5. The molecule has 0 atom stereocenters. The Morgan fingerprint density at radius 1 is 1.05 bits per heavy atom. The minimum absolute atomic E-state index is 0.0665. The molecule has 1 amide bonds. The van der Waals surface area contributed by atoms with Crippen molar-refractivity contribution in [3.8, 4) is 5.75 Å². The van der Waals surface area contributed by atoms with Gasteiger partial charge in [0.15, 0.2) is 0 Å². The first-order valence-electron chi connectivity index (χ1n) is 6.84. The number of hydrogen-bond acceptors (Lipinski definition) is 3. The topological polar surface area (TPSA) is 50.4 Å². The predicted molar refractivity (Wildman–Crippen MR) is 86.0 cm³/mol. The molecule has 0 aliphatic carbocycles. The number of hydrogen-bond donors (Lipinski definition) is 2. The smallest absolute Gasteiger partial charge is 0.243 e. The largest absolute Gasteiger partial charge is 0.497 e. The molecule has 0 saturated carbocycles. The van der Waals surface area contributed by atoms with Crippen molar-refractivity contribution in [2.75, 3.05) is 24.3 Å². The van der Waals surface area contributed by atoms with Gasteiger partial charge >= 0.3 is 0 Å². The van der Waals surface area contributed by atoms with Crippen LogP contribution in [0.1, 0.15) is 11.1 Å². The molecule has 0 aliphatic heterocycles. The minimum atomic E-state index is -0.0665. The number of ether oxygens (including phenoxy) is 1. The van der Waals surface area contributed by atoms with Gasteiger partial charge in [-0.25, -0.2) is 0 Å². The van der Waals surface area contributed by atoms with Gasteiger partial charge < -0.3 is 15.4 Å². The molecule has 0 aromatic heterocycles. The van der Waals surface area contributed by atoms with Crippen LogP contribution in [0.15, 0.2) is 42.5 Å². The monoisotopic (exact) mass is 284 g/mol. The first-order chi connectivity index (χ1) is 10.1. The Labute approximate surface area is 125 Å². The van der Waals surface area contributed by atoms with Crippen LogP contribution in [0.3, 0.4) is 0 Å². The molecule has 2 rings (SSSR count). The second-order valence-electron chi connectivity index (χ2n) is 4.90. The molecular formula is C17H20N2O2. The zero-order valence-corrected chi connectivity index (χ0v) is 12.6. The van der Waals surface area contributed by atoms with Crippen molar-refractivity contribution in [1.82, 2.24) is 0 Å². The highest BCUT2D eigenvalue weighted by Gasteiger charge is 2.07. The van der Waals surface area contributed by atoms with E-state index in [0.29, 0.717) is 0 Å². The van der Waals surface area contributed by atoms with Crippen molar-refractivity contribution in [1.29, 1.82) is 0 Å². The van der Waals surface area contributed by atoms with Gasteiger partial charge in [0, 0.05) is 11.4 Å². The molecule has 0 aliphatic rings. The predicted octanol–water partition coefficient (Wildman–Crippen LogP) is 3.36. The van der Waals surface area contributed by atoms with E-state index in [1.54, 1.807) is 7.11 Å². The van der Waals surface area contributed by atoms with E-state index in [1.807, 2.05) is 56.3 Å². The fraction of sp³-hybridized carbons (Fsp3) is 0.235. The molecule has 21 heavy (non-hydrogen) atoms. The lowest BCUT2D eigenvalue weighted by atomic mass is 10.1. The number of benzene rings is 2. The maximum Gasteiger partial charge on any atom is 0.243 e. The van der Waals surface area contributed by atoms with Crippen molar-refractivity contribution in [3.63, 3.8) is 0 Å². The van der Waals surface area contributed by atoms with Gasteiger partial charge in [0.25, 0.3) is 0 Å². The maximum atomic E-state index is 12.0. The number of carbonyl (C=O) groups excluding carboxylic acids is 1. The third-order valence-corrected chi connectivity index (χ3v) is 3.29. The number of aryl methyl sites for hydroxylation is 2. The lowest BCUT2D eigenvalue weighted by Crippen LogP contribution is -2.22. The zero-order chi connectivity index (χ0) is 15.2. The number of nitrogens with one attached hydrogen (secondary N) is 2. The molecule has 0 spiro atoms. The van der Waals surface area contributed by atoms with Gasteiger partial charge in [0.2, 0.25) is 5.91 Å². The lowest BCUT2D eigenvalue weighted by Gasteiger charge is -2.12. The summed E-state index contributed by atoms with van der Waals surface area (Å²) in [6.07, 6.45) is 0. The molecule has 0 unspecified atom stereocenters. The van der Waals surface area contributed by atoms with E-state index in [4.69, 9.17) is 4.74 Å². The fourth-order valence-corrected chi connectivity index (χ4v) is 2.09. The minimum Gasteiger partial charge on any atom is -0.497 e. The van der Waals surface area contributed by atoms with E-state index in [2.05, 4.69) is 10.6 Å². The average molecular weight is 284 g/mol. The molecule has 0 saturated heterocycles. The maximum absolute atomic E-state index is 12.0. The Bertz CT molecular complexity index is 601. The van der Waals surface area contributed by atoms with Crippen LogP contribution in [0, 0.1) is 13.8 Å². The van der Waals surface area contributed by atoms with Gasteiger partial charge in [-0.2, -0.15) is 0 Å². The van der Waals surface area contributed by atoms with Crippen LogP contribution in [-0.4, -0.2) is 19.6 Å². The Morgan fingerprint density at radius 2 is 1.67 bits per heavy atom. The molecule has 0 heterocycles. The molecule has 2 N–H and O–H groups in total. The number of amides is 1. The third kappa shape index (κ3) is 3.99. The lowest BCUT2D eigenvalue weighted by molar-refractivity contribution is -0.114. The van der Waals surface area contributed by atoms with E-state index < -0.39 is 0 Å². The van der Waals surface area contributed by atoms with E-state index in [0.717, 1.165) is 28.3 Å². The van der Waals surface area contributed by atoms with E-state index >= 15 is 0 Å². The Kier molecular flexibility index (Phi) is 4.82. The molecule has 2 aromatic carbocycles. The summed E-state index contributed by atoms with van der Waals surface area (Å²) < 4.78 is 5.09. The van der Waals surface area contributed by atoms with Crippen LogP contribution in [0.2, 0.25) is 0 Å². The van der Waals surface area contributed by atoms with Gasteiger partial charge in [-0.3, -0.25) is 4.79 Å². The molecule has 0 fully saturated rings. The summed E-state index contributed by atoms with van der Waals surface area (Å²) in [6.45, 7) is 4.19. The quantitative estimate of drug-likeness (QED) is 0.885. The van der Waals surface area contributed by atoms with Crippen LogP contribution in [0.4, 0.5) is 11.4 Å². The standard InChI is InChI=1S/C17H20N2O2/c1-12-5-4-6-13(2)17(12)19-16(20)11-18-14-7-9-15(21-3)10-8-14/h4-10,18H,11H2,1-3H3,(H,19,20). The second-order valence-corrected chi connectivity index (χ2v) is 4.90. The van der Waals surface area contributed by atoms with Crippen molar-refractivity contribution >= 4 is 17.3 Å². The van der Waals surface area contributed by atoms with E-state index in [-0.39, 0.29) is 12.5 Å². The molecular weight excluding hydrogens is 264 g/mol. The number of para-hydroxylation sites is 1. The molecule has 2 aromatic rings. The second kappa shape index (κ2) is 6.79. The Hall–Kier alpha value is -2.49. The van der Waals surface area contributed by atoms with Crippen LogP contribution in [0.25, 0.3) is 0 Å². The average Bonchev–Trinajstić information content (AvgIpc) is 2.49. The van der Waals surface area contributed by atoms with Crippen LogP contribution < -0.4 is 15.4 Å². The summed E-state index contributed by atoms with van der Waals surface area (Å²) in [6, 6.07) is 13.4. The fourth-order valence-electron chi connectivity index (χ4n) is 2.09. The summed E-state index contributed by atoms with van der Waals surface area (Å²) in [5.74, 6) is 0.726. The molecule has 110 valence electrons. The normalized spacial score (nSPS) is 10.0. The first kappa shape index (κ1) is 14.9. The Balaban J connectivity index is 1.92. The van der Waals surface area contributed by atoms with Gasteiger partial charge in [0.1, 0.15) is 5.75 Å². The molecule has 4 heteroatoms. The summed E-state index contributed by atoms with van der Waals surface area (Å²) in [5, 5.41) is 6.03. The van der Waals surface area contributed by atoms with E-state index in [1.165, 1.54) is 0 Å². The number of carbonyl (C=O) groups is 1.